The molecule has 2 atom stereocenters. The smallest absolute Gasteiger partial charge is 0.0437 e. The van der Waals surface area contributed by atoms with Crippen molar-refractivity contribution in [1.82, 2.24) is 10.9 Å². The van der Waals surface area contributed by atoms with Crippen LogP contribution in [0.3, 0.4) is 0 Å². The van der Waals surface area contributed by atoms with Gasteiger partial charge in [-0.2, -0.15) is 5.43 Å². The van der Waals surface area contributed by atoms with Crippen LogP contribution in [0, 0.1) is 5.92 Å². The van der Waals surface area contributed by atoms with Gasteiger partial charge in [-0.3, -0.25) is 0 Å². The molecular weight excluding hydrogens is 124 g/mol. The zero-order chi connectivity index (χ0) is 6.81. The minimum absolute atomic E-state index is 0.558. The molecule has 0 aromatic rings. The van der Waals surface area contributed by atoms with E-state index in [9.17, 15) is 0 Å². The van der Waals surface area contributed by atoms with Gasteiger partial charge < -0.3 is 0 Å². The van der Waals surface area contributed by atoms with Crippen molar-refractivity contribution in [3.63, 3.8) is 0 Å². The lowest BCUT2D eigenvalue weighted by molar-refractivity contribution is 0.256. The number of hydrogen-bond donors (Lipinski definition) is 1. The Hall–Kier alpha value is -0.340. The topological polar surface area (TPSA) is 26.1 Å². The van der Waals surface area contributed by atoms with Crippen LogP contribution < -0.4 is 10.9 Å². The van der Waals surface area contributed by atoms with Gasteiger partial charge in [-0.1, -0.05) is 12.2 Å². The van der Waals surface area contributed by atoms with Gasteiger partial charge in [-0.05, 0) is 25.2 Å². The summed E-state index contributed by atoms with van der Waals surface area (Å²) in [5.41, 5.74) is 7.32. The number of nitrogens with one attached hydrogen (secondary N) is 1. The number of hydrogen-bond acceptors (Lipinski definition) is 1. The minimum atomic E-state index is 0.558. The first kappa shape index (κ1) is 6.38. The second-order valence-corrected chi connectivity index (χ2v) is 3.09. The highest BCUT2D eigenvalue weighted by atomic mass is 15.4. The lowest BCUT2D eigenvalue weighted by atomic mass is 9.86. The summed E-state index contributed by atoms with van der Waals surface area (Å²) < 4.78 is 0. The van der Waals surface area contributed by atoms with E-state index in [1.807, 2.05) is 0 Å². The summed E-state index contributed by atoms with van der Waals surface area (Å²) in [6.07, 6.45) is 8.42. The van der Waals surface area contributed by atoms with Crippen LogP contribution in [0.1, 0.15) is 19.3 Å². The van der Waals surface area contributed by atoms with Gasteiger partial charge in [0, 0.05) is 12.6 Å². The van der Waals surface area contributed by atoms with E-state index < -0.39 is 0 Å². The first-order valence-electron chi connectivity index (χ1n) is 4.05. The van der Waals surface area contributed by atoms with E-state index in [0.717, 1.165) is 12.5 Å². The molecule has 2 nitrogen and oxygen atoms in total. The molecule has 0 saturated carbocycles. The molecule has 1 heterocycles. The Morgan fingerprint density at radius 1 is 1.40 bits per heavy atom. The fourth-order valence-corrected chi connectivity index (χ4v) is 1.76. The van der Waals surface area contributed by atoms with Crippen LogP contribution in [-0.4, -0.2) is 12.6 Å². The number of allylic oxidation sites excluding steroid dienone is 1. The zero-order valence-electron chi connectivity index (χ0n) is 6.09. The van der Waals surface area contributed by atoms with E-state index in [-0.39, 0.29) is 0 Å². The molecule has 0 amide bonds. The van der Waals surface area contributed by atoms with Gasteiger partial charge in [0.2, 0.25) is 0 Å². The maximum atomic E-state index is 4.16. The van der Waals surface area contributed by atoms with E-state index in [1.165, 1.54) is 19.3 Å². The molecule has 0 spiro atoms. The maximum Gasteiger partial charge on any atom is 0.0437 e. The summed E-state index contributed by atoms with van der Waals surface area (Å²) in [5, 5.41) is 0. The molecule has 0 aromatic heterocycles. The third kappa shape index (κ3) is 1.09. The van der Waals surface area contributed by atoms with Crippen LogP contribution in [-0.2, 0) is 0 Å². The van der Waals surface area contributed by atoms with Crippen LogP contribution in [0.25, 0.3) is 0 Å². The number of fused-ring (bicyclic) bond motifs is 1. The molecule has 1 N–H and O–H groups in total. The Morgan fingerprint density at radius 2 is 2.40 bits per heavy atom. The summed E-state index contributed by atoms with van der Waals surface area (Å²) in [6, 6.07) is 0.558. The van der Waals surface area contributed by atoms with Gasteiger partial charge in [0.15, 0.2) is 0 Å². The molecule has 1 fully saturated rings. The summed E-state index contributed by atoms with van der Waals surface area (Å²) in [6.45, 7) is 1.01. The molecular formula is C8H13N2. The van der Waals surface area contributed by atoms with E-state index in [1.54, 1.807) is 0 Å². The Balaban J connectivity index is 2.03. The SMILES string of the molecule is C1=CC2N[N]CCC2CC1. The number of nitrogens with zero attached hydrogens (tertiary/aromatic N) is 1. The van der Waals surface area contributed by atoms with Gasteiger partial charge in [-0.15, -0.1) is 0 Å². The molecule has 1 aliphatic heterocycles. The van der Waals surface area contributed by atoms with Crippen molar-refractivity contribution < 1.29 is 0 Å². The first-order valence-corrected chi connectivity index (χ1v) is 4.05. The molecule has 2 aliphatic rings. The standard InChI is InChI=1S/C8H13N2/c1-2-4-8-7(3-1)5-6-9-10-8/h2,4,7-8,10H,1,3,5-6H2. The van der Waals surface area contributed by atoms with E-state index in [4.69, 9.17) is 0 Å². The maximum absolute atomic E-state index is 4.16. The molecule has 1 radical (unpaired) electrons. The molecule has 1 saturated heterocycles. The van der Waals surface area contributed by atoms with Gasteiger partial charge >= 0.3 is 0 Å². The van der Waals surface area contributed by atoms with Crippen molar-refractivity contribution in [3.05, 3.63) is 12.2 Å². The van der Waals surface area contributed by atoms with Crippen molar-refractivity contribution in [3.8, 4) is 0 Å². The fourth-order valence-electron chi connectivity index (χ4n) is 1.76. The van der Waals surface area contributed by atoms with E-state index >= 15 is 0 Å². The van der Waals surface area contributed by atoms with Crippen LogP contribution in [0.2, 0.25) is 0 Å². The van der Waals surface area contributed by atoms with Gasteiger partial charge in [-0.25, -0.2) is 5.43 Å². The Bertz CT molecular complexity index is 142. The highest BCUT2D eigenvalue weighted by Crippen LogP contribution is 2.23. The highest BCUT2D eigenvalue weighted by molar-refractivity contribution is 5.02. The van der Waals surface area contributed by atoms with Crippen molar-refractivity contribution in [1.29, 1.82) is 0 Å². The molecule has 1 aliphatic carbocycles. The molecule has 2 heteroatoms. The van der Waals surface area contributed by atoms with E-state index in [0.29, 0.717) is 6.04 Å². The van der Waals surface area contributed by atoms with Crippen LogP contribution in [0.4, 0.5) is 0 Å². The minimum Gasteiger partial charge on any atom is -0.233 e. The molecule has 55 valence electrons. The molecule has 10 heavy (non-hydrogen) atoms. The van der Waals surface area contributed by atoms with Crippen molar-refractivity contribution >= 4 is 0 Å². The lowest BCUT2D eigenvalue weighted by Crippen LogP contribution is -2.46. The monoisotopic (exact) mass is 137 g/mol. The normalized spacial score (nSPS) is 39.2. The van der Waals surface area contributed by atoms with Crippen molar-refractivity contribution in [2.24, 2.45) is 5.92 Å². The third-order valence-corrected chi connectivity index (χ3v) is 2.41. The molecule has 0 bridgehead atoms. The predicted octanol–water partition coefficient (Wildman–Crippen LogP) is 0.834. The van der Waals surface area contributed by atoms with E-state index in [2.05, 4.69) is 23.0 Å². The zero-order valence-corrected chi connectivity index (χ0v) is 6.09. The van der Waals surface area contributed by atoms with Crippen molar-refractivity contribution in [2.45, 2.75) is 25.3 Å². The lowest BCUT2D eigenvalue weighted by Gasteiger charge is -2.32. The second kappa shape index (κ2) is 2.72. The first-order chi connectivity index (χ1) is 4.97. The summed E-state index contributed by atoms with van der Waals surface area (Å²) in [5.74, 6) is 0.863. The Morgan fingerprint density at radius 3 is 3.30 bits per heavy atom. The predicted molar refractivity (Wildman–Crippen MR) is 40.4 cm³/mol. The molecule has 2 rings (SSSR count). The van der Waals surface area contributed by atoms with Gasteiger partial charge in [0.25, 0.3) is 0 Å². The average Bonchev–Trinajstić information content (AvgIpc) is 2.05. The molecule has 2 unspecified atom stereocenters. The molecule has 0 aromatic carbocycles. The number of rotatable bonds is 0. The van der Waals surface area contributed by atoms with Crippen LogP contribution in [0.5, 0.6) is 0 Å². The van der Waals surface area contributed by atoms with Crippen LogP contribution in [0.15, 0.2) is 12.2 Å². The highest BCUT2D eigenvalue weighted by Gasteiger charge is 2.24. The average molecular weight is 137 g/mol. The summed E-state index contributed by atoms with van der Waals surface area (Å²) in [7, 11) is 0. The van der Waals surface area contributed by atoms with Crippen LogP contribution >= 0.6 is 0 Å². The Labute approximate surface area is 61.7 Å². The van der Waals surface area contributed by atoms with Crippen molar-refractivity contribution in [2.75, 3.05) is 6.54 Å². The summed E-state index contributed by atoms with van der Waals surface area (Å²) >= 11 is 0. The summed E-state index contributed by atoms with van der Waals surface area (Å²) in [4.78, 5) is 0. The second-order valence-electron chi connectivity index (χ2n) is 3.09. The quantitative estimate of drug-likeness (QED) is 0.492. The van der Waals surface area contributed by atoms with Gasteiger partial charge in [0.05, 0.1) is 0 Å². The largest absolute Gasteiger partial charge is 0.233 e. The third-order valence-electron chi connectivity index (χ3n) is 2.41. The van der Waals surface area contributed by atoms with Gasteiger partial charge in [0.1, 0.15) is 0 Å². The fraction of sp³-hybridized carbons (Fsp3) is 0.750. The Kier molecular flexibility index (Phi) is 1.74.